The summed E-state index contributed by atoms with van der Waals surface area (Å²) < 4.78 is 2.39. The standard InChI is InChI=1S/2C24H27.C2H6Si.4ClH.2Zr/c2*1-3-18-9-11-20(12-10-18)22-8-5-7-21-15-19(16-23(21)22)17-24(4-2)13-6-14-24;1-3-2;;;;;;/h2*5,7-12,15-16H,3-4,6,13-14,17H2,1-2H3;1-3H2;4*1H;;/q;;;;;;;2*+2/p-4. The summed E-state index contributed by atoms with van der Waals surface area (Å²) in [6, 6.07) is 32.1. The number of rotatable bonds is 16. The summed E-state index contributed by atoms with van der Waals surface area (Å²) in [5.74, 6) is 0. The SMILES string of the molecule is CCc1ccc(-c2cccc3c2C=C(CC2(CC)CCC2)[CH]3[Zr]([Cl])([Cl])[CH2][SiH2][CH2][Zr]([Cl])([Cl])[CH]2C(CC3(CC)CCC3)=Cc3c(-c4ccc(CC)cc4)cccc32)cc1. The molecule has 0 saturated heterocycles. The Bertz CT molecular complexity index is 1980. The molecule has 0 radical (unpaired) electrons. The fraction of sp³-hybridized carbons (Fsp3) is 0.440. The first-order chi connectivity index (χ1) is 27.4. The molecule has 2 atom stereocenters. The fourth-order valence-corrected chi connectivity index (χ4v) is 55.5. The summed E-state index contributed by atoms with van der Waals surface area (Å²) in [5, 5.41) is 0. The van der Waals surface area contributed by atoms with E-state index in [9.17, 15) is 0 Å². The Morgan fingerprint density at radius 3 is 1.25 bits per heavy atom. The zero-order valence-corrected chi connectivity index (χ0v) is 43.9. The molecule has 0 aliphatic heterocycles. The van der Waals surface area contributed by atoms with Gasteiger partial charge >= 0.3 is 374 Å². The first-order valence-electron chi connectivity index (χ1n) is 22.1. The van der Waals surface area contributed by atoms with E-state index in [2.05, 4.69) is 125 Å². The van der Waals surface area contributed by atoms with Crippen LogP contribution in [0, 0.1) is 10.8 Å². The van der Waals surface area contributed by atoms with Gasteiger partial charge in [0, 0.05) is 0 Å². The number of benzene rings is 4. The molecule has 0 spiro atoms. The maximum absolute atomic E-state index is 7.97. The molecule has 7 heteroatoms. The molecule has 0 N–H and O–H groups in total. The van der Waals surface area contributed by atoms with Crippen LogP contribution >= 0.6 is 34.1 Å². The van der Waals surface area contributed by atoms with E-state index in [1.165, 1.54) is 118 Å². The number of allylic oxidation sites excluding steroid dienone is 2. The molecule has 0 bridgehead atoms. The predicted molar refractivity (Wildman–Crippen MR) is 248 cm³/mol. The van der Waals surface area contributed by atoms with Crippen LogP contribution in [-0.4, -0.2) is 9.52 Å². The molecule has 2 saturated carbocycles. The summed E-state index contributed by atoms with van der Waals surface area (Å²) in [5.41, 5.74) is 17.2. The third kappa shape index (κ3) is 8.65. The Hall–Kier alpha value is -0.497. The van der Waals surface area contributed by atoms with E-state index in [0.29, 0.717) is 10.8 Å². The Labute approximate surface area is 369 Å². The summed E-state index contributed by atoms with van der Waals surface area (Å²) in [6.07, 6.45) is 19.8. The van der Waals surface area contributed by atoms with Crippen molar-refractivity contribution in [3.63, 3.8) is 0 Å². The maximum atomic E-state index is 7.97. The Kier molecular flexibility index (Phi) is 13.4. The first-order valence-corrected chi connectivity index (χ1v) is 43.0. The van der Waals surface area contributed by atoms with Crippen LogP contribution in [-0.2, 0) is 48.6 Å². The van der Waals surface area contributed by atoms with Crippen molar-refractivity contribution < 1.29 is 35.8 Å². The van der Waals surface area contributed by atoms with Crippen LogP contribution in [0.2, 0.25) is 7.50 Å². The summed E-state index contributed by atoms with van der Waals surface area (Å²) in [4.78, 5) is 0. The molecule has 4 aromatic rings. The van der Waals surface area contributed by atoms with Gasteiger partial charge in [-0.15, -0.1) is 0 Å². The molecule has 4 aliphatic carbocycles. The Balaban J connectivity index is 1.08. The van der Waals surface area contributed by atoms with Crippen molar-refractivity contribution in [3.8, 4) is 22.3 Å². The van der Waals surface area contributed by atoms with Gasteiger partial charge in [0.2, 0.25) is 0 Å². The van der Waals surface area contributed by atoms with Gasteiger partial charge in [-0.1, -0.05) is 0 Å². The van der Waals surface area contributed by atoms with E-state index >= 15 is 0 Å². The van der Waals surface area contributed by atoms with Crippen molar-refractivity contribution in [1.82, 2.24) is 0 Å². The van der Waals surface area contributed by atoms with E-state index in [1.54, 1.807) is 0 Å². The molecule has 300 valence electrons. The molecule has 4 aliphatic rings. The van der Waals surface area contributed by atoms with Crippen LogP contribution in [0.3, 0.4) is 0 Å². The monoisotopic (exact) mass is 1010 g/mol. The average molecular weight is 1010 g/mol. The van der Waals surface area contributed by atoms with Crippen LogP contribution in [0.1, 0.15) is 133 Å². The van der Waals surface area contributed by atoms with Crippen LogP contribution < -0.4 is 0 Å². The zero-order chi connectivity index (χ0) is 40.0. The molecule has 2 unspecified atom stereocenters. The molecule has 0 aromatic heterocycles. The molecule has 2 fully saturated rings. The molecular formula is C50H60Cl4SiZr2. The fourth-order valence-electron chi connectivity index (χ4n) is 11.0. The number of hydrogen-bond donors (Lipinski definition) is 0. The number of fused-ring (bicyclic) bond motifs is 2. The van der Waals surface area contributed by atoms with E-state index < -0.39 is 45.3 Å². The molecule has 0 heterocycles. The zero-order valence-electron chi connectivity index (χ0n) is 34.5. The second-order valence-electron chi connectivity index (χ2n) is 18.2. The van der Waals surface area contributed by atoms with Crippen molar-refractivity contribution in [2.45, 2.75) is 120 Å². The van der Waals surface area contributed by atoms with Gasteiger partial charge in [0.05, 0.1) is 0 Å². The van der Waals surface area contributed by atoms with Crippen molar-refractivity contribution >= 4 is 55.7 Å². The second kappa shape index (κ2) is 17.7. The van der Waals surface area contributed by atoms with Crippen molar-refractivity contribution in [2.24, 2.45) is 10.8 Å². The van der Waals surface area contributed by atoms with Crippen molar-refractivity contribution in [1.29, 1.82) is 0 Å². The second-order valence-corrected chi connectivity index (χ2v) is 55.8. The van der Waals surface area contributed by atoms with E-state index in [-0.39, 0.29) is 7.25 Å². The van der Waals surface area contributed by atoms with Gasteiger partial charge in [0.25, 0.3) is 0 Å². The van der Waals surface area contributed by atoms with E-state index in [4.69, 9.17) is 34.1 Å². The first kappa shape index (κ1) is 43.2. The van der Waals surface area contributed by atoms with Gasteiger partial charge in [-0.3, -0.25) is 0 Å². The third-order valence-electron chi connectivity index (χ3n) is 15.0. The van der Waals surface area contributed by atoms with Crippen LogP contribution in [0.25, 0.3) is 34.4 Å². The third-order valence-corrected chi connectivity index (χ3v) is 58.2. The van der Waals surface area contributed by atoms with Crippen molar-refractivity contribution in [3.05, 3.63) is 129 Å². The van der Waals surface area contributed by atoms with E-state index in [0.717, 1.165) is 33.2 Å². The summed E-state index contributed by atoms with van der Waals surface area (Å²) in [6.45, 7) is 9.22. The Morgan fingerprint density at radius 2 is 0.930 bits per heavy atom. The van der Waals surface area contributed by atoms with Crippen LogP contribution in [0.5, 0.6) is 0 Å². The van der Waals surface area contributed by atoms with Gasteiger partial charge in [-0.05, 0) is 0 Å². The molecule has 4 aromatic carbocycles. The van der Waals surface area contributed by atoms with E-state index in [1.807, 2.05) is 0 Å². The quantitative estimate of drug-likeness (QED) is 0.0982. The molecule has 0 amide bonds. The van der Waals surface area contributed by atoms with Gasteiger partial charge in [-0.25, -0.2) is 0 Å². The summed E-state index contributed by atoms with van der Waals surface area (Å²) >= 11 is -7.58. The van der Waals surface area contributed by atoms with Crippen LogP contribution in [0.15, 0.2) is 96.1 Å². The van der Waals surface area contributed by atoms with Gasteiger partial charge < -0.3 is 0 Å². The number of aryl methyl sites for hydroxylation is 2. The molecular weight excluding hydrogens is 953 g/mol. The van der Waals surface area contributed by atoms with Gasteiger partial charge in [0.15, 0.2) is 0 Å². The number of hydrogen-bond acceptors (Lipinski definition) is 0. The molecule has 8 rings (SSSR count). The van der Waals surface area contributed by atoms with Gasteiger partial charge in [-0.2, -0.15) is 0 Å². The average Bonchev–Trinajstić information content (AvgIpc) is 3.76. The molecule has 57 heavy (non-hydrogen) atoms. The van der Waals surface area contributed by atoms with Gasteiger partial charge in [0.1, 0.15) is 0 Å². The molecule has 0 nitrogen and oxygen atoms in total. The van der Waals surface area contributed by atoms with Crippen molar-refractivity contribution in [2.75, 3.05) is 0 Å². The number of halogens is 4. The normalized spacial score (nSPS) is 20.8. The topological polar surface area (TPSA) is 0 Å². The summed E-state index contributed by atoms with van der Waals surface area (Å²) in [7, 11) is 31.2. The Morgan fingerprint density at radius 1 is 0.544 bits per heavy atom. The minimum atomic E-state index is -3.79. The minimum absolute atomic E-state index is 0.187. The predicted octanol–water partition coefficient (Wildman–Crippen LogP) is 16.5. The van der Waals surface area contributed by atoms with Crippen LogP contribution in [0.4, 0.5) is 0 Å².